The highest BCUT2D eigenvalue weighted by Gasteiger charge is 2.24. The second kappa shape index (κ2) is 5.32. The lowest BCUT2D eigenvalue weighted by atomic mass is 10.1. The number of nitrogens with zero attached hydrogens (tertiary/aromatic N) is 1. The van der Waals surface area contributed by atoms with Gasteiger partial charge in [-0.3, -0.25) is 9.89 Å². The monoisotopic (exact) mass is 266 g/mol. The minimum Gasteiger partial charge on any atom is -0.348 e. The molecule has 2 aliphatic rings. The maximum absolute atomic E-state index is 12.2. The van der Waals surface area contributed by atoms with E-state index in [4.69, 9.17) is 0 Å². The Balaban J connectivity index is 1.70. The van der Waals surface area contributed by atoms with E-state index in [-0.39, 0.29) is 5.91 Å². The number of thioether (sulfide) groups is 1. The molecule has 3 N–H and O–H groups in total. The third-order valence-corrected chi connectivity index (χ3v) is 4.63. The number of H-pyrrole nitrogens is 1. The van der Waals surface area contributed by atoms with Crippen molar-refractivity contribution in [2.75, 3.05) is 18.1 Å². The molecule has 2 aliphatic heterocycles. The van der Waals surface area contributed by atoms with Gasteiger partial charge in [0.05, 0.1) is 0 Å². The Hall–Kier alpha value is -1.01. The van der Waals surface area contributed by atoms with Gasteiger partial charge in [-0.2, -0.15) is 16.9 Å². The van der Waals surface area contributed by atoms with Crippen LogP contribution in [0.4, 0.5) is 0 Å². The number of carbonyl (C=O) groups is 1. The molecule has 98 valence electrons. The van der Waals surface area contributed by atoms with Crippen LogP contribution in [-0.2, 0) is 13.0 Å². The fourth-order valence-electron chi connectivity index (χ4n) is 2.51. The molecule has 6 heteroatoms. The van der Waals surface area contributed by atoms with Crippen LogP contribution in [0.25, 0.3) is 0 Å². The van der Waals surface area contributed by atoms with Crippen molar-refractivity contribution in [2.45, 2.75) is 31.8 Å². The molecule has 1 fully saturated rings. The van der Waals surface area contributed by atoms with Crippen LogP contribution in [0.5, 0.6) is 0 Å². The van der Waals surface area contributed by atoms with Crippen LogP contribution in [0.1, 0.15) is 34.6 Å². The van der Waals surface area contributed by atoms with Gasteiger partial charge in [0.15, 0.2) is 5.69 Å². The van der Waals surface area contributed by atoms with E-state index in [0.717, 1.165) is 55.1 Å². The third-order valence-electron chi connectivity index (χ3n) is 3.58. The maximum atomic E-state index is 12.2. The molecule has 0 radical (unpaired) electrons. The van der Waals surface area contributed by atoms with Crippen molar-refractivity contribution >= 4 is 17.7 Å². The normalized spacial score (nSPS) is 20.4. The summed E-state index contributed by atoms with van der Waals surface area (Å²) in [5, 5.41) is 13.6. The number of rotatable bonds is 2. The van der Waals surface area contributed by atoms with Crippen molar-refractivity contribution in [2.24, 2.45) is 0 Å². The highest BCUT2D eigenvalue weighted by atomic mass is 32.2. The van der Waals surface area contributed by atoms with E-state index in [1.807, 2.05) is 11.8 Å². The van der Waals surface area contributed by atoms with Gasteiger partial charge in [-0.05, 0) is 24.3 Å². The smallest absolute Gasteiger partial charge is 0.272 e. The van der Waals surface area contributed by atoms with Gasteiger partial charge in [-0.1, -0.05) is 0 Å². The van der Waals surface area contributed by atoms with E-state index in [2.05, 4.69) is 20.8 Å². The summed E-state index contributed by atoms with van der Waals surface area (Å²) in [4.78, 5) is 12.2. The summed E-state index contributed by atoms with van der Waals surface area (Å²) in [5.74, 6) is 2.27. The molecule has 18 heavy (non-hydrogen) atoms. The van der Waals surface area contributed by atoms with Crippen LogP contribution in [0.15, 0.2) is 0 Å². The van der Waals surface area contributed by atoms with E-state index >= 15 is 0 Å². The van der Waals surface area contributed by atoms with Crippen LogP contribution in [-0.4, -0.2) is 40.2 Å². The predicted molar refractivity (Wildman–Crippen MR) is 71.8 cm³/mol. The number of nitrogens with one attached hydrogen (secondary N) is 3. The molecule has 5 nitrogen and oxygen atoms in total. The van der Waals surface area contributed by atoms with Gasteiger partial charge < -0.3 is 10.6 Å². The molecule has 3 rings (SSSR count). The van der Waals surface area contributed by atoms with Crippen LogP contribution >= 0.6 is 11.8 Å². The van der Waals surface area contributed by atoms with E-state index < -0.39 is 0 Å². The van der Waals surface area contributed by atoms with Gasteiger partial charge in [-0.15, -0.1) is 0 Å². The number of fused-ring (bicyclic) bond motifs is 1. The Labute approximate surface area is 110 Å². The summed E-state index contributed by atoms with van der Waals surface area (Å²) in [6.07, 6.45) is 3.07. The van der Waals surface area contributed by atoms with Crippen molar-refractivity contribution in [3.8, 4) is 0 Å². The molecule has 0 spiro atoms. The summed E-state index contributed by atoms with van der Waals surface area (Å²) in [5.41, 5.74) is 2.73. The maximum Gasteiger partial charge on any atom is 0.272 e. The largest absolute Gasteiger partial charge is 0.348 e. The number of aromatic nitrogens is 2. The van der Waals surface area contributed by atoms with Crippen molar-refractivity contribution in [3.63, 3.8) is 0 Å². The summed E-state index contributed by atoms with van der Waals surface area (Å²) in [6, 6.07) is 0.322. The van der Waals surface area contributed by atoms with Gasteiger partial charge in [0.1, 0.15) is 0 Å². The number of hydrogen-bond donors (Lipinski definition) is 3. The first kappa shape index (κ1) is 12.0. The van der Waals surface area contributed by atoms with Crippen LogP contribution in [0, 0.1) is 0 Å². The first-order valence-electron chi connectivity index (χ1n) is 6.50. The fourth-order valence-corrected chi connectivity index (χ4v) is 3.62. The zero-order valence-corrected chi connectivity index (χ0v) is 11.1. The van der Waals surface area contributed by atoms with Gasteiger partial charge in [0.25, 0.3) is 5.91 Å². The Bertz CT molecular complexity index is 439. The molecule has 0 atom stereocenters. The van der Waals surface area contributed by atoms with Gasteiger partial charge >= 0.3 is 0 Å². The Morgan fingerprint density at radius 3 is 3.06 bits per heavy atom. The third kappa shape index (κ3) is 2.40. The second-order valence-corrected chi connectivity index (χ2v) is 6.04. The molecule has 0 aromatic carbocycles. The molecular weight excluding hydrogens is 248 g/mol. The second-order valence-electron chi connectivity index (χ2n) is 4.82. The number of hydrogen-bond acceptors (Lipinski definition) is 4. The molecule has 0 bridgehead atoms. The number of carbonyl (C=O) groups excluding carboxylic acids is 1. The Morgan fingerprint density at radius 2 is 2.22 bits per heavy atom. The zero-order valence-electron chi connectivity index (χ0n) is 10.3. The zero-order chi connectivity index (χ0) is 12.4. The van der Waals surface area contributed by atoms with Crippen molar-refractivity contribution < 1.29 is 4.79 Å². The molecule has 1 saturated heterocycles. The van der Waals surface area contributed by atoms with Crippen molar-refractivity contribution in [1.82, 2.24) is 20.8 Å². The van der Waals surface area contributed by atoms with E-state index in [9.17, 15) is 4.79 Å². The molecule has 0 saturated carbocycles. The SMILES string of the molecule is O=C(NC1CCSCC1)c1n[nH]c2c1CNCC2. The first-order chi connectivity index (χ1) is 8.84. The Kier molecular flexibility index (Phi) is 3.56. The first-order valence-corrected chi connectivity index (χ1v) is 7.65. The minimum atomic E-state index is -0.0203. The minimum absolute atomic E-state index is 0.0203. The van der Waals surface area contributed by atoms with Crippen LogP contribution in [0.2, 0.25) is 0 Å². The van der Waals surface area contributed by atoms with Crippen LogP contribution in [0.3, 0.4) is 0 Å². The van der Waals surface area contributed by atoms with Gasteiger partial charge in [0, 0.05) is 36.8 Å². The van der Waals surface area contributed by atoms with E-state index in [1.54, 1.807) is 0 Å². The number of amides is 1. The highest BCUT2D eigenvalue weighted by molar-refractivity contribution is 7.99. The topological polar surface area (TPSA) is 69.8 Å². The molecular formula is C12H18N4OS. The molecule has 3 heterocycles. The summed E-state index contributed by atoms with van der Waals surface area (Å²) in [7, 11) is 0. The summed E-state index contributed by atoms with van der Waals surface area (Å²) < 4.78 is 0. The molecule has 1 aromatic rings. The molecule has 0 aliphatic carbocycles. The summed E-state index contributed by atoms with van der Waals surface area (Å²) >= 11 is 1.96. The van der Waals surface area contributed by atoms with Gasteiger partial charge in [-0.25, -0.2) is 0 Å². The Morgan fingerprint density at radius 1 is 1.39 bits per heavy atom. The molecule has 1 amide bonds. The van der Waals surface area contributed by atoms with Gasteiger partial charge in [0.2, 0.25) is 0 Å². The predicted octanol–water partition coefficient (Wildman–Crippen LogP) is 0.681. The molecule has 1 aromatic heterocycles. The lowest BCUT2D eigenvalue weighted by Crippen LogP contribution is -2.38. The van der Waals surface area contributed by atoms with Crippen molar-refractivity contribution in [3.05, 3.63) is 17.0 Å². The molecule has 0 unspecified atom stereocenters. The average Bonchev–Trinajstić information content (AvgIpc) is 2.84. The van der Waals surface area contributed by atoms with E-state index in [1.165, 1.54) is 0 Å². The van der Waals surface area contributed by atoms with E-state index in [0.29, 0.717) is 11.7 Å². The average molecular weight is 266 g/mol. The fraction of sp³-hybridized carbons (Fsp3) is 0.667. The lowest BCUT2D eigenvalue weighted by Gasteiger charge is -2.22. The van der Waals surface area contributed by atoms with Crippen LogP contribution < -0.4 is 10.6 Å². The highest BCUT2D eigenvalue weighted by Crippen LogP contribution is 2.19. The number of aromatic amines is 1. The van der Waals surface area contributed by atoms with Crippen molar-refractivity contribution in [1.29, 1.82) is 0 Å². The standard InChI is InChI=1S/C12H18N4OS/c17-12(14-8-2-5-18-6-3-8)11-9-7-13-4-1-10(9)15-16-11/h8,13H,1-7H2,(H,14,17)(H,15,16). The quantitative estimate of drug-likeness (QED) is 0.736. The summed E-state index contributed by atoms with van der Waals surface area (Å²) in [6.45, 7) is 1.70. The lowest BCUT2D eigenvalue weighted by molar-refractivity contribution is 0.0928.